The summed E-state index contributed by atoms with van der Waals surface area (Å²) in [4.78, 5) is 14.4. The van der Waals surface area contributed by atoms with Gasteiger partial charge in [-0.05, 0) is 42.5 Å². The molecule has 0 aliphatic carbocycles. The van der Waals surface area contributed by atoms with Gasteiger partial charge in [-0.2, -0.15) is 26.3 Å². The molecule has 0 atom stereocenters. The number of halogens is 7. The normalized spacial score (nSPS) is 17.3. The number of alkyl halides is 6. The van der Waals surface area contributed by atoms with Gasteiger partial charge in [-0.15, -0.1) is 0 Å². The topological polar surface area (TPSA) is 44.7 Å². The largest absolute Gasteiger partial charge is 0.474 e. The van der Waals surface area contributed by atoms with E-state index < -0.39 is 29.3 Å². The maximum absolute atomic E-state index is 14.0. The van der Waals surface area contributed by atoms with Gasteiger partial charge in [0.05, 0.1) is 11.1 Å². The molecule has 2 aliphatic rings. The molecule has 0 bridgehead atoms. The van der Waals surface area contributed by atoms with Crippen molar-refractivity contribution in [2.24, 2.45) is 0 Å². The van der Waals surface area contributed by atoms with Crippen molar-refractivity contribution in [3.8, 4) is 5.88 Å². The molecule has 1 aromatic heterocycles. The number of hydrogen-bond donors (Lipinski definition) is 0. The van der Waals surface area contributed by atoms with Crippen molar-refractivity contribution in [3.63, 3.8) is 0 Å². The fourth-order valence-electron chi connectivity index (χ4n) is 4.96. The monoisotopic (exact) mass is 569 g/mol. The van der Waals surface area contributed by atoms with Crippen LogP contribution in [0.1, 0.15) is 24.0 Å². The molecule has 5 rings (SSSR count). The van der Waals surface area contributed by atoms with E-state index in [-0.39, 0.29) is 6.10 Å². The van der Waals surface area contributed by atoms with Crippen LogP contribution in [-0.2, 0) is 12.4 Å². The molecule has 0 N–H and O–H groups in total. The van der Waals surface area contributed by atoms with Gasteiger partial charge in [0, 0.05) is 69.6 Å². The standard InChI is InChI=1S/C27H26F7N5O/c28-23-15-20(5-6-22(23)27(32,33)34)37-9-7-21(8-10-37)40-25-16-24(35-17-36-25)39-13-11-38(12-14-39)19-3-1-18(2-4-19)26(29,30)31/h1-6,15-17,21H,7-14H2. The summed E-state index contributed by atoms with van der Waals surface area (Å²) in [5.74, 6) is -0.221. The first-order valence-corrected chi connectivity index (χ1v) is 12.7. The van der Waals surface area contributed by atoms with E-state index in [9.17, 15) is 30.7 Å². The number of piperazine rings is 1. The fourth-order valence-corrected chi connectivity index (χ4v) is 4.96. The first-order valence-electron chi connectivity index (χ1n) is 12.7. The van der Waals surface area contributed by atoms with Crippen LogP contribution in [0.15, 0.2) is 54.9 Å². The molecule has 2 aliphatic heterocycles. The highest BCUT2D eigenvalue weighted by molar-refractivity contribution is 5.51. The second kappa shape index (κ2) is 11.0. The summed E-state index contributed by atoms with van der Waals surface area (Å²) < 4.78 is 97.1. The fraction of sp³-hybridized carbons (Fsp3) is 0.407. The van der Waals surface area contributed by atoms with E-state index in [0.29, 0.717) is 69.5 Å². The second-order valence-corrected chi connectivity index (χ2v) is 9.70. The van der Waals surface area contributed by atoms with E-state index in [2.05, 4.69) is 14.9 Å². The molecule has 0 saturated carbocycles. The van der Waals surface area contributed by atoms with Crippen molar-refractivity contribution in [2.75, 3.05) is 54.0 Å². The molecule has 6 nitrogen and oxygen atoms in total. The van der Waals surface area contributed by atoms with Crippen LogP contribution in [0.25, 0.3) is 0 Å². The first-order chi connectivity index (χ1) is 19.0. The zero-order valence-corrected chi connectivity index (χ0v) is 21.2. The average molecular weight is 570 g/mol. The van der Waals surface area contributed by atoms with Crippen molar-refractivity contribution >= 4 is 17.2 Å². The Kier molecular flexibility index (Phi) is 7.65. The zero-order chi connectivity index (χ0) is 28.5. The van der Waals surface area contributed by atoms with E-state index in [1.54, 1.807) is 6.07 Å². The van der Waals surface area contributed by atoms with E-state index in [0.717, 1.165) is 30.0 Å². The lowest BCUT2D eigenvalue weighted by atomic mass is 10.1. The SMILES string of the molecule is Fc1cc(N2CCC(Oc3cc(N4CCN(c5ccc(C(F)(F)F)cc5)CC4)ncn3)CC2)ccc1C(F)(F)F. The Morgan fingerprint density at radius 2 is 1.27 bits per heavy atom. The Morgan fingerprint density at radius 1 is 0.675 bits per heavy atom. The maximum atomic E-state index is 14.0. The van der Waals surface area contributed by atoms with Gasteiger partial charge in [-0.25, -0.2) is 14.4 Å². The summed E-state index contributed by atoms with van der Waals surface area (Å²) in [5, 5.41) is 0. The molecule has 2 saturated heterocycles. The third-order valence-corrected chi connectivity index (χ3v) is 7.14. The Morgan fingerprint density at radius 3 is 1.88 bits per heavy atom. The minimum atomic E-state index is -4.74. The number of rotatable bonds is 5. The summed E-state index contributed by atoms with van der Waals surface area (Å²) in [5.41, 5.74) is -0.842. The predicted molar refractivity (Wildman–Crippen MR) is 135 cm³/mol. The number of ether oxygens (including phenoxy) is 1. The predicted octanol–water partition coefficient (Wildman–Crippen LogP) is 6.03. The maximum Gasteiger partial charge on any atom is 0.419 e. The molecule has 0 radical (unpaired) electrons. The lowest BCUT2D eigenvalue weighted by Crippen LogP contribution is -2.46. The molecular weight excluding hydrogens is 543 g/mol. The van der Waals surface area contributed by atoms with Crippen LogP contribution >= 0.6 is 0 Å². The van der Waals surface area contributed by atoms with Gasteiger partial charge in [-0.1, -0.05) is 0 Å². The van der Waals surface area contributed by atoms with Gasteiger partial charge in [0.1, 0.15) is 24.1 Å². The van der Waals surface area contributed by atoms with Gasteiger partial charge in [-0.3, -0.25) is 0 Å². The molecule has 13 heteroatoms. The highest BCUT2D eigenvalue weighted by Crippen LogP contribution is 2.34. The molecule has 0 unspecified atom stereocenters. The Hall–Kier alpha value is -3.77. The van der Waals surface area contributed by atoms with Gasteiger partial charge in [0.2, 0.25) is 5.88 Å². The quantitative estimate of drug-likeness (QED) is 0.350. The lowest BCUT2D eigenvalue weighted by Gasteiger charge is -2.37. The minimum Gasteiger partial charge on any atom is -0.474 e. The molecular formula is C27H26F7N5O. The van der Waals surface area contributed by atoms with Crippen LogP contribution in [0.2, 0.25) is 0 Å². The third kappa shape index (κ3) is 6.34. The Bertz CT molecular complexity index is 1300. The van der Waals surface area contributed by atoms with Gasteiger partial charge in [0.15, 0.2) is 0 Å². The number of hydrogen-bond acceptors (Lipinski definition) is 6. The number of benzene rings is 2. The lowest BCUT2D eigenvalue weighted by molar-refractivity contribution is -0.140. The minimum absolute atomic E-state index is 0.171. The third-order valence-electron chi connectivity index (χ3n) is 7.14. The molecule has 214 valence electrons. The van der Waals surface area contributed by atoms with Gasteiger partial charge >= 0.3 is 12.4 Å². The van der Waals surface area contributed by atoms with Crippen LogP contribution in [0.5, 0.6) is 5.88 Å². The molecule has 2 fully saturated rings. The average Bonchev–Trinajstić information content (AvgIpc) is 2.93. The van der Waals surface area contributed by atoms with Crippen LogP contribution < -0.4 is 19.4 Å². The van der Waals surface area contributed by atoms with Crippen LogP contribution in [0.3, 0.4) is 0 Å². The Labute approximate surface area is 226 Å². The van der Waals surface area contributed by atoms with E-state index in [4.69, 9.17) is 4.74 Å². The molecule has 2 aromatic carbocycles. The van der Waals surface area contributed by atoms with E-state index in [1.165, 1.54) is 24.5 Å². The highest BCUT2D eigenvalue weighted by atomic mass is 19.4. The van der Waals surface area contributed by atoms with Gasteiger partial charge in [0.25, 0.3) is 0 Å². The van der Waals surface area contributed by atoms with E-state index in [1.807, 2.05) is 9.80 Å². The first kappa shape index (κ1) is 27.8. The van der Waals surface area contributed by atoms with Crippen molar-refractivity contribution in [3.05, 3.63) is 71.8 Å². The number of piperidine rings is 1. The summed E-state index contributed by atoms with van der Waals surface area (Å²) in [6.07, 6.45) is -6.71. The number of nitrogens with zero attached hydrogens (tertiary/aromatic N) is 5. The summed E-state index contributed by atoms with van der Waals surface area (Å²) in [7, 11) is 0. The van der Waals surface area contributed by atoms with Crippen molar-refractivity contribution in [1.29, 1.82) is 0 Å². The van der Waals surface area contributed by atoms with Crippen molar-refractivity contribution < 1.29 is 35.5 Å². The zero-order valence-electron chi connectivity index (χ0n) is 21.2. The van der Waals surface area contributed by atoms with Crippen LogP contribution in [0.4, 0.5) is 47.9 Å². The highest BCUT2D eigenvalue weighted by Gasteiger charge is 2.34. The second-order valence-electron chi connectivity index (χ2n) is 9.70. The molecule has 3 aromatic rings. The molecule has 40 heavy (non-hydrogen) atoms. The van der Waals surface area contributed by atoms with Crippen molar-refractivity contribution in [1.82, 2.24) is 9.97 Å². The summed E-state index contributed by atoms with van der Waals surface area (Å²) >= 11 is 0. The molecule has 0 amide bonds. The Balaban J connectivity index is 1.13. The van der Waals surface area contributed by atoms with Crippen LogP contribution in [0, 0.1) is 5.82 Å². The van der Waals surface area contributed by atoms with Crippen molar-refractivity contribution in [2.45, 2.75) is 31.3 Å². The van der Waals surface area contributed by atoms with E-state index >= 15 is 0 Å². The van der Waals surface area contributed by atoms with Gasteiger partial charge < -0.3 is 19.4 Å². The van der Waals surface area contributed by atoms with Crippen LogP contribution in [-0.4, -0.2) is 55.3 Å². The summed E-state index contributed by atoms with van der Waals surface area (Å²) in [6, 6.07) is 9.83. The molecule has 0 spiro atoms. The molecule has 3 heterocycles. The smallest absolute Gasteiger partial charge is 0.419 e. The summed E-state index contributed by atoms with van der Waals surface area (Å²) in [6.45, 7) is 3.40. The number of anilines is 3. The number of aromatic nitrogens is 2.